The third-order valence-electron chi connectivity index (χ3n) is 2.64. The van der Waals surface area contributed by atoms with Crippen LogP contribution in [0.2, 0.25) is 0 Å². The van der Waals surface area contributed by atoms with Crippen LogP contribution in [-0.2, 0) is 6.61 Å². The number of nitrogens with two attached hydrogens (primary N) is 1. The maximum absolute atomic E-state index is 11.3. The molecule has 6 heteroatoms. The largest absolute Gasteiger partial charge is 0.486 e. The van der Waals surface area contributed by atoms with Gasteiger partial charge in [0.15, 0.2) is 11.4 Å². The van der Waals surface area contributed by atoms with Gasteiger partial charge in [-0.3, -0.25) is 4.79 Å². The van der Waals surface area contributed by atoms with Gasteiger partial charge in [0.2, 0.25) is 5.91 Å². The standard InChI is InChI=1S/C14H12N2O4/c15-13(17)10-5-2-1-4-9(10)8-20-11-6-3-7-16-12(11)14(18)19/h1-7H,8H2,(H2,15,17)(H,18,19). The van der Waals surface area contributed by atoms with Crippen LogP contribution in [0.25, 0.3) is 0 Å². The molecule has 1 amide bonds. The quantitative estimate of drug-likeness (QED) is 0.857. The second-order valence-electron chi connectivity index (χ2n) is 3.97. The smallest absolute Gasteiger partial charge is 0.358 e. The van der Waals surface area contributed by atoms with Gasteiger partial charge in [0.1, 0.15) is 6.61 Å². The highest BCUT2D eigenvalue weighted by molar-refractivity contribution is 5.94. The molecule has 2 rings (SSSR count). The number of amides is 1. The summed E-state index contributed by atoms with van der Waals surface area (Å²) in [6.45, 7) is 0.0328. The van der Waals surface area contributed by atoms with E-state index in [2.05, 4.69) is 4.98 Å². The Labute approximate surface area is 114 Å². The maximum atomic E-state index is 11.3. The summed E-state index contributed by atoms with van der Waals surface area (Å²) in [6.07, 6.45) is 1.37. The molecule has 0 saturated heterocycles. The van der Waals surface area contributed by atoms with Crippen molar-refractivity contribution in [1.29, 1.82) is 0 Å². The molecule has 102 valence electrons. The molecule has 0 spiro atoms. The van der Waals surface area contributed by atoms with Gasteiger partial charge < -0.3 is 15.6 Å². The number of hydrogen-bond acceptors (Lipinski definition) is 4. The normalized spacial score (nSPS) is 10.0. The van der Waals surface area contributed by atoms with Gasteiger partial charge in [-0.2, -0.15) is 0 Å². The van der Waals surface area contributed by atoms with E-state index in [1.165, 1.54) is 12.3 Å². The van der Waals surface area contributed by atoms with Crippen LogP contribution in [0, 0.1) is 0 Å². The Bertz CT molecular complexity index is 598. The minimum absolute atomic E-state index is 0.0328. The summed E-state index contributed by atoms with van der Waals surface area (Å²) < 4.78 is 5.42. The predicted octanol–water partition coefficient (Wildman–Crippen LogP) is 1.46. The summed E-state index contributed by atoms with van der Waals surface area (Å²) in [5.41, 5.74) is 6.01. The number of carboxylic acids is 1. The molecule has 1 heterocycles. The lowest BCUT2D eigenvalue weighted by molar-refractivity contribution is 0.0684. The van der Waals surface area contributed by atoms with Crippen molar-refractivity contribution in [2.45, 2.75) is 6.61 Å². The van der Waals surface area contributed by atoms with Crippen molar-refractivity contribution < 1.29 is 19.4 Å². The SMILES string of the molecule is NC(=O)c1ccccc1COc1cccnc1C(=O)O. The maximum Gasteiger partial charge on any atom is 0.358 e. The lowest BCUT2D eigenvalue weighted by atomic mass is 10.1. The number of hydrogen-bond donors (Lipinski definition) is 2. The van der Waals surface area contributed by atoms with Gasteiger partial charge in [0.25, 0.3) is 0 Å². The van der Waals surface area contributed by atoms with Crippen LogP contribution in [0.4, 0.5) is 0 Å². The number of carboxylic acid groups (broad SMARTS) is 1. The first-order valence-corrected chi connectivity index (χ1v) is 5.78. The molecule has 20 heavy (non-hydrogen) atoms. The van der Waals surface area contributed by atoms with E-state index in [4.69, 9.17) is 15.6 Å². The number of carbonyl (C=O) groups is 2. The van der Waals surface area contributed by atoms with E-state index in [0.29, 0.717) is 11.1 Å². The molecule has 0 saturated carbocycles. The summed E-state index contributed by atoms with van der Waals surface area (Å²) in [5, 5.41) is 8.99. The summed E-state index contributed by atoms with van der Waals surface area (Å²) in [4.78, 5) is 26.0. The lowest BCUT2D eigenvalue weighted by Gasteiger charge is -2.10. The molecule has 2 aromatic rings. The average Bonchev–Trinajstić information content (AvgIpc) is 2.45. The molecule has 0 bridgehead atoms. The molecule has 0 unspecified atom stereocenters. The molecule has 0 aliphatic heterocycles. The molecule has 0 radical (unpaired) electrons. The fraction of sp³-hybridized carbons (Fsp3) is 0.0714. The average molecular weight is 272 g/mol. The monoisotopic (exact) mass is 272 g/mol. The van der Waals surface area contributed by atoms with Gasteiger partial charge in [-0.1, -0.05) is 18.2 Å². The number of rotatable bonds is 5. The Morgan fingerprint density at radius 2 is 1.95 bits per heavy atom. The molecule has 0 aliphatic carbocycles. The van der Waals surface area contributed by atoms with E-state index in [-0.39, 0.29) is 18.1 Å². The fourth-order valence-electron chi connectivity index (χ4n) is 1.71. The highest BCUT2D eigenvalue weighted by Crippen LogP contribution is 2.18. The molecule has 1 aromatic carbocycles. The van der Waals surface area contributed by atoms with Crippen molar-refractivity contribution in [1.82, 2.24) is 4.98 Å². The van der Waals surface area contributed by atoms with Crippen LogP contribution >= 0.6 is 0 Å². The minimum Gasteiger partial charge on any atom is -0.486 e. The lowest BCUT2D eigenvalue weighted by Crippen LogP contribution is -2.15. The highest BCUT2D eigenvalue weighted by atomic mass is 16.5. The van der Waals surface area contributed by atoms with E-state index in [9.17, 15) is 9.59 Å². The summed E-state index contributed by atoms with van der Waals surface area (Å²) in [7, 11) is 0. The summed E-state index contributed by atoms with van der Waals surface area (Å²) in [5.74, 6) is -1.60. The molecule has 1 aromatic heterocycles. The number of benzene rings is 1. The zero-order valence-corrected chi connectivity index (χ0v) is 10.4. The highest BCUT2D eigenvalue weighted by Gasteiger charge is 2.13. The number of pyridine rings is 1. The Balaban J connectivity index is 2.22. The molecule has 0 atom stereocenters. The topological polar surface area (TPSA) is 103 Å². The van der Waals surface area contributed by atoms with Gasteiger partial charge in [-0.05, 0) is 18.2 Å². The Morgan fingerprint density at radius 1 is 1.20 bits per heavy atom. The first-order valence-electron chi connectivity index (χ1n) is 5.78. The van der Waals surface area contributed by atoms with Crippen molar-refractivity contribution in [3.05, 3.63) is 59.4 Å². The van der Waals surface area contributed by atoms with Crippen molar-refractivity contribution in [3.63, 3.8) is 0 Å². The van der Waals surface area contributed by atoms with Gasteiger partial charge in [-0.25, -0.2) is 9.78 Å². The molecular formula is C14H12N2O4. The van der Waals surface area contributed by atoms with E-state index < -0.39 is 11.9 Å². The molecular weight excluding hydrogens is 260 g/mol. The molecule has 6 nitrogen and oxygen atoms in total. The van der Waals surface area contributed by atoms with E-state index in [1.54, 1.807) is 30.3 Å². The van der Waals surface area contributed by atoms with Crippen LogP contribution in [0.5, 0.6) is 5.75 Å². The molecule has 3 N–H and O–H groups in total. The van der Waals surface area contributed by atoms with Crippen molar-refractivity contribution >= 4 is 11.9 Å². The minimum atomic E-state index is -1.18. The second-order valence-corrected chi connectivity index (χ2v) is 3.97. The van der Waals surface area contributed by atoms with E-state index >= 15 is 0 Å². The third-order valence-corrected chi connectivity index (χ3v) is 2.64. The van der Waals surface area contributed by atoms with Crippen LogP contribution in [-0.4, -0.2) is 22.0 Å². The number of nitrogens with zero attached hydrogens (tertiary/aromatic N) is 1. The van der Waals surface area contributed by atoms with E-state index in [0.717, 1.165) is 0 Å². The zero-order chi connectivity index (χ0) is 14.5. The van der Waals surface area contributed by atoms with Crippen molar-refractivity contribution in [3.8, 4) is 5.75 Å². The van der Waals surface area contributed by atoms with Crippen molar-refractivity contribution in [2.24, 2.45) is 5.73 Å². The van der Waals surface area contributed by atoms with Crippen molar-refractivity contribution in [2.75, 3.05) is 0 Å². The van der Waals surface area contributed by atoms with Gasteiger partial charge in [-0.15, -0.1) is 0 Å². The Kier molecular flexibility index (Phi) is 3.95. The zero-order valence-electron chi connectivity index (χ0n) is 10.4. The van der Waals surface area contributed by atoms with E-state index in [1.807, 2.05) is 0 Å². The Hall–Kier alpha value is -2.89. The molecule has 0 aliphatic rings. The predicted molar refractivity (Wildman–Crippen MR) is 70.5 cm³/mol. The number of aromatic carboxylic acids is 1. The van der Waals surface area contributed by atoms with Crippen LogP contribution in [0.15, 0.2) is 42.6 Å². The first-order chi connectivity index (χ1) is 9.59. The van der Waals surface area contributed by atoms with Crippen LogP contribution < -0.4 is 10.5 Å². The second kappa shape index (κ2) is 5.83. The number of primary amides is 1. The van der Waals surface area contributed by atoms with Gasteiger partial charge >= 0.3 is 5.97 Å². The number of carbonyl (C=O) groups excluding carboxylic acids is 1. The summed E-state index contributed by atoms with van der Waals surface area (Å²) in [6, 6.07) is 9.78. The molecule has 0 fully saturated rings. The Morgan fingerprint density at radius 3 is 2.65 bits per heavy atom. The number of aromatic nitrogens is 1. The van der Waals surface area contributed by atoms with Gasteiger partial charge in [0, 0.05) is 17.3 Å². The summed E-state index contributed by atoms with van der Waals surface area (Å²) >= 11 is 0. The number of ether oxygens (including phenoxy) is 1. The first kappa shape index (κ1) is 13.5. The van der Waals surface area contributed by atoms with Gasteiger partial charge in [0.05, 0.1) is 0 Å². The third kappa shape index (κ3) is 2.92. The van der Waals surface area contributed by atoms with Crippen LogP contribution in [0.3, 0.4) is 0 Å². The van der Waals surface area contributed by atoms with Crippen LogP contribution in [0.1, 0.15) is 26.4 Å². The fourth-order valence-corrected chi connectivity index (χ4v) is 1.71.